The van der Waals surface area contributed by atoms with Crippen LogP contribution in [0, 0.1) is 23.2 Å². The Hall–Kier alpha value is -1.84. The minimum absolute atomic E-state index is 0.174. The molecule has 4 aliphatic carbocycles. The zero-order chi connectivity index (χ0) is 17.9. The predicted octanol–water partition coefficient (Wildman–Crippen LogP) is 4.09. The Balaban J connectivity index is 2.29. The van der Waals surface area contributed by atoms with Crippen molar-refractivity contribution in [3.8, 4) is 0 Å². The van der Waals surface area contributed by atoms with Crippen LogP contribution >= 0.6 is 0 Å². The molecule has 0 aromatic carbocycles. The average molecular weight is 332 g/mol. The van der Waals surface area contributed by atoms with E-state index in [1.807, 2.05) is 0 Å². The highest BCUT2D eigenvalue weighted by atomic mass is 19.1. The van der Waals surface area contributed by atoms with Crippen LogP contribution in [0.15, 0.2) is 49.1 Å². The number of fused-ring (bicyclic) bond motifs is 2. The van der Waals surface area contributed by atoms with Crippen molar-refractivity contribution in [3.05, 3.63) is 49.1 Å². The van der Waals surface area contributed by atoms with Crippen LogP contribution in [0.2, 0.25) is 0 Å². The molecule has 6 atom stereocenters. The molecule has 0 aliphatic heterocycles. The van der Waals surface area contributed by atoms with Gasteiger partial charge in [-0.05, 0) is 12.0 Å². The van der Waals surface area contributed by atoms with E-state index in [9.17, 15) is 9.59 Å². The second-order valence-electron chi connectivity index (χ2n) is 7.46. The third-order valence-electron chi connectivity index (χ3n) is 6.10. The molecule has 0 spiro atoms. The molecule has 1 saturated carbocycles. The fourth-order valence-electron chi connectivity index (χ4n) is 5.14. The molecule has 4 aliphatic rings. The molecule has 2 nitrogen and oxygen atoms in total. The standard InChI is InChI=1S/C20H22F2O2/c1-5-8-19(21)14(23)7-10-18(4)13-11-12(3)15(16(18)19)20(22,9-6-2)17(13)24/h5-7,10-12,15-16H,1-2,8-9H2,3-4H3/t12?,15-,16+,18-,19-,20+/m0/s1. The fourth-order valence-corrected chi connectivity index (χ4v) is 5.14. The topological polar surface area (TPSA) is 34.1 Å². The van der Waals surface area contributed by atoms with Crippen LogP contribution in [0.5, 0.6) is 0 Å². The normalized spacial score (nSPS) is 46.5. The van der Waals surface area contributed by atoms with E-state index < -0.39 is 40.2 Å². The van der Waals surface area contributed by atoms with Crippen molar-refractivity contribution in [1.29, 1.82) is 0 Å². The molecular formula is C20H22F2O2. The van der Waals surface area contributed by atoms with Crippen molar-refractivity contribution in [2.75, 3.05) is 0 Å². The van der Waals surface area contributed by atoms with E-state index in [0.717, 1.165) is 0 Å². The second kappa shape index (κ2) is 5.08. The Morgan fingerprint density at radius 3 is 2.33 bits per heavy atom. The summed E-state index contributed by atoms with van der Waals surface area (Å²) in [6.45, 7) is 10.6. The monoisotopic (exact) mass is 332 g/mol. The van der Waals surface area contributed by atoms with E-state index in [1.54, 1.807) is 26.0 Å². The van der Waals surface area contributed by atoms with Gasteiger partial charge in [0.25, 0.3) is 0 Å². The Morgan fingerprint density at radius 2 is 1.75 bits per heavy atom. The van der Waals surface area contributed by atoms with Gasteiger partial charge in [-0.1, -0.05) is 38.2 Å². The lowest BCUT2D eigenvalue weighted by Crippen LogP contribution is -2.68. The summed E-state index contributed by atoms with van der Waals surface area (Å²) in [4.78, 5) is 25.2. The minimum atomic E-state index is -2.25. The van der Waals surface area contributed by atoms with Gasteiger partial charge in [0.2, 0.25) is 0 Å². The molecule has 0 heterocycles. The van der Waals surface area contributed by atoms with Crippen LogP contribution in [0.25, 0.3) is 0 Å². The molecule has 0 aromatic rings. The molecule has 0 amide bonds. The van der Waals surface area contributed by atoms with Gasteiger partial charge < -0.3 is 0 Å². The number of carbonyl (C=O) groups is 2. The van der Waals surface area contributed by atoms with E-state index in [-0.39, 0.29) is 24.3 Å². The molecule has 0 saturated heterocycles. The highest BCUT2D eigenvalue weighted by Crippen LogP contribution is 2.65. The van der Waals surface area contributed by atoms with Crippen molar-refractivity contribution >= 4 is 11.6 Å². The third kappa shape index (κ3) is 1.80. The quantitative estimate of drug-likeness (QED) is 0.727. The number of carbonyl (C=O) groups excluding carboxylic acids is 2. The molecule has 4 heteroatoms. The lowest BCUT2D eigenvalue weighted by molar-refractivity contribution is -0.164. The van der Waals surface area contributed by atoms with Crippen LogP contribution in [0.4, 0.5) is 8.78 Å². The maximum Gasteiger partial charge on any atom is 0.197 e. The smallest absolute Gasteiger partial charge is 0.197 e. The molecule has 128 valence electrons. The van der Waals surface area contributed by atoms with E-state index in [1.165, 1.54) is 18.2 Å². The highest BCUT2D eigenvalue weighted by molar-refractivity contribution is 6.08. The van der Waals surface area contributed by atoms with Gasteiger partial charge in [-0.3, -0.25) is 9.59 Å². The van der Waals surface area contributed by atoms with Crippen molar-refractivity contribution in [1.82, 2.24) is 0 Å². The van der Waals surface area contributed by atoms with Crippen LogP contribution in [-0.2, 0) is 9.59 Å². The Labute approximate surface area is 141 Å². The maximum atomic E-state index is 15.9. The summed E-state index contributed by atoms with van der Waals surface area (Å²) >= 11 is 0. The third-order valence-corrected chi connectivity index (χ3v) is 6.10. The predicted molar refractivity (Wildman–Crippen MR) is 88.8 cm³/mol. The first-order valence-corrected chi connectivity index (χ1v) is 8.27. The number of rotatable bonds is 4. The van der Waals surface area contributed by atoms with Crippen molar-refractivity contribution in [3.63, 3.8) is 0 Å². The number of hydrogen-bond donors (Lipinski definition) is 0. The van der Waals surface area contributed by atoms with Crippen molar-refractivity contribution in [2.45, 2.75) is 38.0 Å². The van der Waals surface area contributed by atoms with Gasteiger partial charge in [-0.25, -0.2) is 8.78 Å². The molecular weight excluding hydrogens is 310 g/mol. The molecule has 1 fully saturated rings. The first-order valence-electron chi connectivity index (χ1n) is 8.27. The molecule has 1 unspecified atom stereocenters. The first-order chi connectivity index (χ1) is 11.2. The number of alkyl halides is 2. The number of hydrogen-bond acceptors (Lipinski definition) is 2. The van der Waals surface area contributed by atoms with Gasteiger partial charge >= 0.3 is 0 Å². The van der Waals surface area contributed by atoms with Gasteiger partial charge in [0.15, 0.2) is 22.9 Å². The summed E-state index contributed by atoms with van der Waals surface area (Å²) in [6, 6.07) is 0. The maximum absolute atomic E-state index is 15.9. The molecule has 24 heavy (non-hydrogen) atoms. The van der Waals surface area contributed by atoms with E-state index in [4.69, 9.17) is 0 Å². The van der Waals surface area contributed by atoms with Crippen molar-refractivity contribution < 1.29 is 18.4 Å². The van der Waals surface area contributed by atoms with Crippen LogP contribution < -0.4 is 0 Å². The molecule has 0 aromatic heterocycles. The summed E-state index contributed by atoms with van der Waals surface area (Å²) in [7, 11) is 0. The summed E-state index contributed by atoms with van der Waals surface area (Å²) in [5.41, 5.74) is -5.15. The summed E-state index contributed by atoms with van der Waals surface area (Å²) in [5.74, 6) is -3.44. The number of Topliss-reactive ketones (excluding diaryl/α,β-unsaturated/α-hetero) is 1. The fraction of sp³-hybridized carbons (Fsp3) is 0.500. The Morgan fingerprint density at radius 1 is 1.17 bits per heavy atom. The number of halogens is 2. The SMILES string of the molecule is C=CC[C@]1(F)C(=O)C=C[C@@]2(C)C3=CC(C)[C@@H]([C@H]21)[C@](F)(CC=C)C3=O. The van der Waals surface area contributed by atoms with Crippen LogP contribution in [0.1, 0.15) is 26.7 Å². The van der Waals surface area contributed by atoms with Gasteiger partial charge in [-0.15, -0.1) is 13.2 Å². The van der Waals surface area contributed by atoms with Gasteiger partial charge in [0.1, 0.15) is 0 Å². The Bertz CT molecular complexity index is 706. The summed E-state index contributed by atoms with van der Waals surface area (Å²) < 4.78 is 31.7. The van der Waals surface area contributed by atoms with Gasteiger partial charge in [0, 0.05) is 35.7 Å². The highest BCUT2D eigenvalue weighted by Gasteiger charge is 2.71. The molecule has 2 bridgehead atoms. The van der Waals surface area contributed by atoms with Gasteiger partial charge in [-0.2, -0.15) is 0 Å². The summed E-state index contributed by atoms with van der Waals surface area (Å²) in [6.07, 6.45) is 6.88. The van der Waals surface area contributed by atoms with E-state index in [0.29, 0.717) is 0 Å². The number of ketones is 2. The molecule has 4 rings (SSSR count). The van der Waals surface area contributed by atoms with Crippen molar-refractivity contribution in [2.24, 2.45) is 23.2 Å². The molecule has 0 radical (unpaired) electrons. The largest absolute Gasteiger partial charge is 0.291 e. The number of allylic oxidation sites excluding steroid dienone is 6. The van der Waals surface area contributed by atoms with E-state index >= 15 is 8.78 Å². The van der Waals surface area contributed by atoms with Gasteiger partial charge in [0.05, 0.1) is 0 Å². The molecule has 0 N–H and O–H groups in total. The second-order valence-corrected chi connectivity index (χ2v) is 7.46. The lowest BCUT2D eigenvalue weighted by Gasteiger charge is -2.60. The lowest BCUT2D eigenvalue weighted by atomic mass is 9.43. The zero-order valence-corrected chi connectivity index (χ0v) is 14.0. The average Bonchev–Trinajstić information content (AvgIpc) is 2.51. The van der Waals surface area contributed by atoms with Crippen LogP contribution in [-0.4, -0.2) is 22.9 Å². The zero-order valence-electron chi connectivity index (χ0n) is 14.0. The minimum Gasteiger partial charge on any atom is -0.291 e. The Kier molecular flexibility index (Phi) is 3.60. The van der Waals surface area contributed by atoms with E-state index in [2.05, 4.69) is 13.2 Å². The summed E-state index contributed by atoms with van der Waals surface area (Å²) in [5, 5.41) is 0. The first kappa shape index (κ1) is 17.0. The van der Waals surface area contributed by atoms with Crippen LogP contribution in [0.3, 0.4) is 0 Å².